The molecule has 15 heavy (non-hydrogen) atoms. The normalized spacial score (nSPS) is 24.8. The molecule has 0 saturated heterocycles. The van der Waals surface area contributed by atoms with Gasteiger partial charge < -0.3 is 10.0 Å². The van der Waals surface area contributed by atoms with E-state index < -0.39 is 11.9 Å². The van der Waals surface area contributed by atoms with Crippen LogP contribution in [-0.4, -0.2) is 35.5 Å². The first-order chi connectivity index (χ1) is 6.93. The number of hydrogen-bond donors (Lipinski definition) is 1. The number of nitrogens with zero attached hydrogens (tertiary/aromatic N) is 1. The van der Waals surface area contributed by atoms with Gasteiger partial charge in [-0.25, -0.2) is 0 Å². The number of rotatable bonds is 4. The first kappa shape index (κ1) is 12.0. The summed E-state index contributed by atoms with van der Waals surface area (Å²) < 4.78 is 0. The minimum atomic E-state index is -0.836. The van der Waals surface area contributed by atoms with Gasteiger partial charge in [0.25, 0.3) is 0 Å². The van der Waals surface area contributed by atoms with Gasteiger partial charge in [-0.1, -0.05) is 13.8 Å². The van der Waals surface area contributed by atoms with E-state index in [0.717, 1.165) is 6.42 Å². The Morgan fingerprint density at radius 3 is 2.20 bits per heavy atom. The van der Waals surface area contributed by atoms with Crippen molar-refractivity contribution in [1.82, 2.24) is 4.90 Å². The Kier molecular flexibility index (Phi) is 3.72. The zero-order valence-corrected chi connectivity index (χ0v) is 9.56. The highest BCUT2D eigenvalue weighted by Crippen LogP contribution is 2.35. The molecule has 1 amide bonds. The van der Waals surface area contributed by atoms with Crippen LogP contribution in [0.1, 0.15) is 26.7 Å². The molecule has 1 aliphatic carbocycles. The van der Waals surface area contributed by atoms with Crippen LogP contribution >= 0.6 is 0 Å². The molecular formula is C11H19NO3. The highest BCUT2D eigenvalue weighted by Gasteiger charge is 2.42. The lowest BCUT2D eigenvalue weighted by Gasteiger charge is -2.35. The first-order valence-electron chi connectivity index (χ1n) is 5.41. The number of carboxylic acids is 1. The minimum absolute atomic E-state index is 0.0117. The Morgan fingerprint density at radius 2 is 1.87 bits per heavy atom. The Bertz CT molecular complexity index is 263. The molecular weight excluding hydrogens is 194 g/mol. The quantitative estimate of drug-likeness (QED) is 0.763. The first-order valence-corrected chi connectivity index (χ1v) is 5.41. The lowest BCUT2D eigenvalue weighted by molar-refractivity contribution is -0.156. The maximum atomic E-state index is 11.8. The fourth-order valence-corrected chi connectivity index (χ4v) is 2.01. The van der Waals surface area contributed by atoms with Crippen molar-refractivity contribution >= 4 is 11.9 Å². The average Bonchev–Trinajstić information content (AvgIpc) is 1.99. The molecule has 2 atom stereocenters. The smallest absolute Gasteiger partial charge is 0.307 e. The second-order valence-electron chi connectivity index (χ2n) is 4.74. The maximum absolute atomic E-state index is 11.8. The van der Waals surface area contributed by atoms with Crippen LogP contribution < -0.4 is 0 Å². The summed E-state index contributed by atoms with van der Waals surface area (Å²) in [6.07, 6.45) is 1.36. The van der Waals surface area contributed by atoms with Gasteiger partial charge >= 0.3 is 5.97 Å². The number of carbonyl (C=O) groups is 2. The summed E-state index contributed by atoms with van der Waals surface area (Å²) in [5, 5.41) is 8.85. The molecule has 4 heteroatoms. The molecule has 0 aromatic heterocycles. The fourth-order valence-electron chi connectivity index (χ4n) is 2.01. The Balaban J connectivity index is 2.50. The molecule has 1 aliphatic rings. The number of carbonyl (C=O) groups excluding carboxylic acids is 1. The van der Waals surface area contributed by atoms with Crippen LogP contribution in [0.25, 0.3) is 0 Å². The third kappa shape index (κ3) is 2.70. The average molecular weight is 213 g/mol. The van der Waals surface area contributed by atoms with Crippen molar-refractivity contribution < 1.29 is 14.7 Å². The fraction of sp³-hybridized carbons (Fsp3) is 0.818. The number of hydrogen-bond acceptors (Lipinski definition) is 2. The van der Waals surface area contributed by atoms with E-state index in [1.807, 2.05) is 13.8 Å². The molecule has 0 heterocycles. The molecule has 0 aromatic rings. The molecule has 1 fully saturated rings. The van der Waals surface area contributed by atoms with Crippen LogP contribution in [0.3, 0.4) is 0 Å². The van der Waals surface area contributed by atoms with E-state index in [4.69, 9.17) is 5.11 Å². The number of aliphatic carboxylic acids is 1. The third-order valence-electron chi connectivity index (χ3n) is 2.92. The molecule has 4 nitrogen and oxygen atoms in total. The van der Waals surface area contributed by atoms with Crippen LogP contribution in [0.15, 0.2) is 0 Å². The molecule has 1 saturated carbocycles. The summed E-state index contributed by atoms with van der Waals surface area (Å²) >= 11 is 0. The predicted octanol–water partition coefficient (Wildman–Crippen LogP) is 1.21. The van der Waals surface area contributed by atoms with Crippen LogP contribution in [-0.2, 0) is 9.59 Å². The number of amides is 1. The van der Waals surface area contributed by atoms with Crippen LogP contribution in [0.5, 0.6) is 0 Å². The third-order valence-corrected chi connectivity index (χ3v) is 2.92. The van der Waals surface area contributed by atoms with E-state index in [9.17, 15) is 9.59 Å². The highest BCUT2D eigenvalue weighted by molar-refractivity contribution is 5.86. The molecule has 86 valence electrons. The van der Waals surface area contributed by atoms with Gasteiger partial charge in [-0.15, -0.1) is 0 Å². The second kappa shape index (κ2) is 4.64. The topological polar surface area (TPSA) is 57.6 Å². The summed E-state index contributed by atoms with van der Waals surface area (Å²) in [5.41, 5.74) is 0. The van der Waals surface area contributed by atoms with Gasteiger partial charge in [0.05, 0.1) is 11.8 Å². The van der Waals surface area contributed by atoms with Gasteiger partial charge in [0, 0.05) is 13.6 Å². The molecule has 0 spiro atoms. The van der Waals surface area contributed by atoms with Crippen molar-refractivity contribution in [3.63, 3.8) is 0 Å². The monoisotopic (exact) mass is 213 g/mol. The highest BCUT2D eigenvalue weighted by atomic mass is 16.4. The lowest BCUT2D eigenvalue weighted by atomic mass is 9.73. The van der Waals surface area contributed by atoms with E-state index in [-0.39, 0.29) is 11.8 Å². The van der Waals surface area contributed by atoms with Crippen molar-refractivity contribution in [3.8, 4) is 0 Å². The summed E-state index contributed by atoms with van der Waals surface area (Å²) in [6, 6.07) is 0. The van der Waals surface area contributed by atoms with Crippen molar-refractivity contribution in [2.75, 3.05) is 13.6 Å². The largest absolute Gasteiger partial charge is 0.481 e. The summed E-state index contributed by atoms with van der Waals surface area (Å²) in [7, 11) is 1.75. The molecule has 0 bridgehead atoms. The SMILES string of the molecule is CC(C)CN(C)C(=O)C1CCC1C(=O)O. The van der Waals surface area contributed by atoms with Gasteiger partial charge in [-0.05, 0) is 18.8 Å². The van der Waals surface area contributed by atoms with Crippen molar-refractivity contribution in [3.05, 3.63) is 0 Å². The van der Waals surface area contributed by atoms with Crippen LogP contribution in [0.2, 0.25) is 0 Å². The van der Waals surface area contributed by atoms with Gasteiger partial charge in [-0.2, -0.15) is 0 Å². The molecule has 0 radical (unpaired) electrons. The van der Waals surface area contributed by atoms with E-state index in [0.29, 0.717) is 18.9 Å². The minimum Gasteiger partial charge on any atom is -0.481 e. The summed E-state index contributed by atoms with van der Waals surface area (Å²) in [5.74, 6) is -1.17. The van der Waals surface area contributed by atoms with Crippen LogP contribution in [0.4, 0.5) is 0 Å². The molecule has 0 aromatic carbocycles. The lowest BCUT2D eigenvalue weighted by Crippen LogP contribution is -2.45. The Labute approximate surface area is 90.3 Å². The molecule has 1 N–H and O–H groups in total. The molecule has 0 aliphatic heterocycles. The maximum Gasteiger partial charge on any atom is 0.307 e. The van der Waals surface area contributed by atoms with Crippen LogP contribution in [0, 0.1) is 17.8 Å². The molecule has 2 unspecified atom stereocenters. The van der Waals surface area contributed by atoms with Gasteiger partial charge in [0.2, 0.25) is 5.91 Å². The van der Waals surface area contributed by atoms with E-state index in [1.54, 1.807) is 11.9 Å². The molecule has 1 rings (SSSR count). The zero-order valence-electron chi connectivity index (χ0n) is 9.56. The summed E-state index contributed by atoms with van der Waals surface area (Å²) in [6.45, 7) is 4.78. The van der Waals surface area contributed by atoms with Crippen molar-refractivity contribution in [2.24, 2.45) is 17.8 Å². The number of carboxylic acid groups (broad SMARTS) is 1. The van der Waals surface area contributed by atoms with Gasteiger partial charge in [-0.3, -0.25) is 9.59 Å². The van der Waals surface area contributed by atoms with E-state index in [1.165, 1.54) is 0 Å². The zero-order chi connectivity index (χ0) is 11.6. The van der Waals surface area contributed by atoms with Gasteiger partial charge in [0.1, 0.15) is 0 Å². The Morgan fingerprint density at radius 1 is 1.33 bits per heavy atom. The van der Waals surface area contributed by atoms with Crippen molar-refractivity contribution in [1.29, 1.82) is 0 Å². The Hall–Kier alpha value is -1.06. The summed E-state index contributed by atoms with van der Waals surface area (Å²) in [4.78, 5) is 24.3. The predicted molar refractivity (Wildman–Crippen MR) is 56.3 cm³/mol. The van der Waals surface area contributed by atoms with E-state index >= 15 is 0 Å². The standard InChI is InChI=1S/C11H19NO3/c1-7(2)6-12(3)10(13)8-4-5-9(8)11(14)15/h7-9H,4-6H2,1-3H3,(H,14,15). The second-order valence-corrected chi connectivity index (χ2v) is 4.74. The van der Waals surface area contributed by atoms with E-state index in [2.05, 4.69) is 0 Å². The van der Waals surface area contributed by atoms with Crippen molar-refractivity contribution in [2.45, 2.75) is 26.7 Å². The van der Waals surface area contributed by atoms with Gasteiger partial charge in [0.15, 0.2) is 0 Å².